The average Bonchev–Trinajstić information content (AvgIpc) is 2.31. The summed E-state index contributed by atoms with van der Waals surface area (Å²) in [6.45, 7) is 0. The molecule has 0 bridgehead atoms. The SMILES string of the molecule is SC1=NC2=NC=NC2(Cl)C=N1. The fourth-order valence-corrected chi connectivity index (χ4v) is 1.12. The van der Waals surface area contributed by atoms with E-state index in [2.05, 4.69) is 32.6 Å². The average molecular weight is 187 g/mol. The smallest absolute Gasteiger partial charge is 0.229 e. The molecule has 11 heavy (non-hydrogen) atoms. The molecule has 0 N–H and O–H groups in total. The van der Waals surface area contributed by atoms with E-state index in [1.165, 1.54) is 12.6 Å². The second kappa shape index (κ2) is 2.15. The van der Waals surface area contributed by atoms with Crippen LogP contribution in [0.4, 0.5) is 0 Å². The van der Waals surface area contributed by atoms with E-state index in [0.29, 0.717) is 11.0 Å². The predicted molar refractivity (Wildman–Crippen MR) is 49.4 cm³/mol. The highest BCUT2D eigenvalue weighted by atomic mass is 35.5. The van der Waals surface area contributed by atoms with Crippen LogP contribution >= 0.6 is 24.2 Å². The van der Waals surface area contributed by atoms with E-state index in [0.717, 1.165) is 0 Å². The Morgan fingerprint density at radius 3 is 3.18 bits per heavy atom. The zero-order valence-electron chi connectivity index (χ0n) is 5.27. The monoisotopic (exact) mass is 186 g/mol. The molecule has 0 spiro atoms. The Balaban J connectivity index is 2.49. The number of aliphatic imine (C=N–C) groups is 4. The Kier molecular flexibility index (Phi) is 1.37. The number of halogens is 1. The first-order chi connectivity index (χ1) is 5.21. The molecule has 2 aliphatic heterocycles. The first-order valence-corrected chi connectivity index (χ1v) is 3.67. The second-order valence-electron chi connectivity index (χ2n) is 2.04. The predicted octanol–water partition coefficient (Wildman–Crippen LogP) is 0.732. The van der Waals surface area contributed by atoms with Gasteiger partial charge in [0, 0.05) is 0 Å². The summed E-state index contributed by atoms with van der Waals surface area (Å²) in [5.41, 5.74) is 0. The Morgan fingerprint density at radius 2 is 2.36 bits per heavy atom. The molecule has 0 fully saturated rings. The van der Waals surface area contributed by atoms with Gasteiger partial charge in [0.25, 0.3) is 0 Å². The zero-order valence-corrected chi connectivity index (χ0v) is 6.92. The molecule has 2 rings (SSSR count). The van der Waals surface area contributed by atoms with E-state index in [1.54, 1.807) is 0 Å². The van der Waals surface area contributed by atoms with Crippen molar-refractivity contribution in [2.24, 2.45) is 20.0 Å². The van der Waals surface area contributed by atoms with Crippen LogP contribution in [0.1, 0.15) is 0 Å². The maximum absolute atomic E-state index is 5.92. The van der Waals surface area contributed by atoms with Crippen molar-refractivity contribution >= 4 is 47.8 Å². The van der Waals surface area contributed by atoms with Gasteiger partial charge in [0.05, 0.1) is 6.21 Å². The quantitative estimate of drug-likeness (QED) is 0.330. The minimum atomic E-state index is -0.966. The Labute approximate surface area is 73.2 Å². The van der Waals surface area contributed by atoms with Gasteiger partial charge in [-0.25, -0.2) is 20.0 Å². The van der Waals surface area contributed by atoms with Crippen molar-refractivity contribution < 1.29 is 0 Å². The van der Waals surface area contributed by atoms with Crippen molar-refractivity contribution in [1.29, 1.82) is 0 Å². The number of thiol groups is 1. The minimum Gasteiger partial charge on any atom is -0.237 e. The molecule has 0 saturated carbocycles. The molecule has 4 nitrogen and oxygen atoms in total. The number of hydrogen-bond donors (Lipinski definition) is 1. The van der Waals surface area contributed by atoms with Gasteiger partial charge < -0.3 is 0 Å². The van der Waals surface area contributed by atoms with Gasteiger partial charge >= 0.3 is 0 Å². The molecule has 56 valence electrons. The minimum absolute atomic E-state index is 0.352. The van der Waals surface area contributed by atoms with Gasteiger partial charge in [-0.3, -0.25) is 0 Å². The van der Waals surface area contributed by atoms with Crippen LogP contribution in [0.5, 0.6) is 0 Å². The van der Waals surface area contributed by atoms with Gasteiger partial charge in [0.2, 0.25) is 5.00 Å². The van der Waals surface area contributed by atoms with Gasteiger partial charge in [-0.2, -0.15) is 0 Å². The molecule has 6 heteroatoms. The van der Waals surface area contributed by atoms with E-state index < -0.39 is 5.00 Å². The summed E-state index contributed by atoms with van der Waals surface area (Å²) < 4.78 is 0. The van der Waals surface area contributed by atoms with Crippen molar-refractivity contribution in [2.75, 3.05) is 0 Å². The van der Waals surface area contributed by atoms with Crippen LogP contribution in [0, 0.1) is 0 Å². The van der Waals surface area contributed by atoms with Crippen LogP contribution in [-0.2, 0) is 0 Å². The van der Waals surface area contributed by atoms with Gasteiger partial charge in [0.15, 0.2) is 11.0 Å². The Hall–Kier alpha value is -0.680. The van der Waals surface area contributed by atoms with E-state index in [9.17, 15) is 0 Å². The van der Waals surface area contributed by atoms with E-state index in [-0.39, 0.29) is 0 Å². The molecule has 2 aliphatic rings. The number of amidine groups is 2. The molecule has 2 heterocycles. The normalized spacial score (nSPS) is 33.3. The molecular weight excluding hydrogens is 184 g/mol. The number of hydrogen-bond acceptors (Lipinski definition) is 4. The zero-order chi connectivity index (χ0) is 7.90. The Morgan fingerprint density at radius 1 is 1.55 bits per heavy atom. The van der Waals surface area contributed by atoms with E-state index >= 15 is 0 Å². The molecule has 0 aliphatic carbocycles. The van der Waals surface area contributed by atoms with Gasteiger partial charge in [-0.15, -0.1) is 12.6 Å². The lowest BCUT2D eigenvalue weighted by molar-refractivity contribution is 1.07. The van der Waals surface area contributed by atoms with Crippen LogP contribution < -0.4 is 0 Å². The first-order valence-electron chi connectivity index (χ1n) is 2.84. The van der Waals surface area contributed by atoms with E-state index in [4.69, 9.17) is 11.6 Å². The summed E-state index contributed by atoms with van der Waals surface area (Å²) in [5, 5.41) is 0.352. The molecule has 0 radical (unpaired) electrons. The van der Waals surface area contributed by atoms with Crippen molar-refractivity contribution in [3.63, 3.8) is 0 Å². The van der Waals surface area contributed by atoms with Crippen LogP contribution in [0.15, 0.2) is 20.0 Å². The molecule has 1 atom stereocenters. The van der Waals surface area contributed by atoms with Gasteiger partial charge in [-0.1, -0.05) is 11.6 Å². The van der Waals surface area contributed by atoms with Crippen molar-refractivity contribution in [2.45, 2.75) is 5.00 Å². The summed E-state index contributed by atoms with van der Waals surface area (Å²) in [7, 11) is 0. The third kappa shape index (κ3) is 1.00. The number of rotatable bonds is 0. The summed E-state index contributed by atoms with van der Waals surface area (Å²) in [4.78, 5) is 14.4. The van der Waals surface area contributed by atoms with Crippen molar-refractivity contribution in [3.8, 4) is 0 Å². The summed E-state index contributed by atoms with van der Waals surface area (Å²) in [6, 6.07) is 0. The third-order valence-corrected chi connectivity index (χ3v) is 1.88. The highest BCUT2D eigenvalue weighted by molar-refractivity contribution is 7.97. The topological polar surface area (TPSA) is 49.4 Å². The lowest BCUT2D eigenvalue weighted by Crippen LogP contribution is -2.31. The number of alkyl halides is 1. The van der Waals surface area contributed by atoms with Crippen LogP contribution in [0.3, 0.4) is 0 Å². The van der Waals surface area contributed by atoms with E-state index in [1.807, 2.05) is 0 Å². The van der Waals surface area contributed by atoms with Gasteiger partial charge in [0.1, 0.15) is 6.34 Å². The molecule has 1 unspecified atom stereocenters. The largest absolute Gasteiger partial charge is 0.237 e. The summed E-state index contributed by atoms with van der Waals surface area (Å²) in [6.07, 6.45) is 2.83. The standard InChI is InChI=1S/C5H3ClN4S/c6-5-1-7-4(11)10-3(5)8-2-9-5/h1-2H,(H,8,9,10,11). The molecule has 0 aromatic heterocycles. The number of fused-ring (bicyclic) bond motifs is 1. The maximum Gasteiger partial charge on any atom is 0.229 e. The van der Waals surface area contributed by atoms with Crippen molar-refractivity contribution in [1.82, 2.24) is 0 Å². The van der Waals surface area contributed by atoms with Gasteiger partial charge in [-0.05, 0) is 0 Å². The fourth-order valence-electron chi connectivity index (χ4n) is 0.781. The summed E-state index contributed by atoms with van der Waals surface area (Å²) >= 11 is 9.86. The lowest BCUT2D eigenvalue weighted by Gasteiger charge is -2.14. The number of nitrogens with zero attached hydrogens (tertiary/aromatic N) is 4. The molecule has 0 aromatic rings. The first kappa shape index (κ1) is 7.00. The van der Waals surface area contributed by atoms with Crippen LogP contribution in [-0.4, -0.2) is 28.6 Å². The Bertz CT molecular complexity index is 318. The highest BCUT2D eigenvalue weighted by Crippen LogP contribution is 2.24. The van der Waals surface area contributed by atoms with Crippen LogP contribution in [0.25, 0.3) is 0 Å². The second-order valence-corrected chi connectivity index (χ2v) is 3.02. The lowest BCUT2D eigenvalue weighted by atomic mass is 10.3. The summed E-state index contributed by atoms with van der Waals surface area (Å²) in [5.74, 6) is 0.430. The van der Waals surface area contributed by atoms with Crippen molar-refractivity contribution in [3.05, 3.63) is 0 Å². The van der Waals surface area contributed by atoms with Crippen LogP contribution in [0.2, 0.25) is 0 Å². The molecular formula is C5H3ClN4S. The molecule has 0 amide bonds. The fraction of sp³-hybridized carbons (Fsp3) is 0.200. The molecule has 0 aromatic carbocycles. The molecule has 0 saturated heterocycles. The third-order valence-electron chi connectivity index (χ3n) is 1.30. The maximum atomic E-state index is 5.92. The highest BCUT2D eigenvalue weighted by Gasteiger charge is 2.36.